The Labute approximate surface area is 154 Å². The van der Waals surface area contributed by atoms with Crippen LogP contribution in [0.2, 0.25) is 0 Å². The molecule has 1 aliphatic rings. The van der Waals surface area contributed by atoms with Crippen LogP contribution in [0.1, 0.15) is 30.4 Å². The van der Waals surface area contributed by atoms with Crippen LogP contribution in [0.25, 0.3) is 0 Å². The molecule has 0 saturated carbocycles. The number of amides is 2. The van der Waals surface area contributed by atoms with Gasteiger partial charge in [0.15, 0.2) is 0 Å². The number of aryl methyl sites for hydroxylation is 2. The van der Waals surface area contributed by atoms with E-state index in [0.29, 0.717) is 19.3 Å². The third-order valence-electron chi connectivity index (χ3n) is 4.61. The maximum Gasteiger partial charge on any atom is 0.227 e. The van der Waals surface area contributed by atoms with Crippen molar-refractivity contribution >= 4 is 23.2 Å². The topological polar surface area (TPSA) is 58.6 Å². The molecule has 1 N–H and O–H groups in total. The van der Waals surface area contributed by atoms with Gasteiger partial charge in [0.05, 0.1) is 7.11 Å². The number of hydrogen-bond donors (Lipinski definition) is 1. The molecule has 136 valence electrons. The van der Waals surface area contributed by atoms with Crippen LogP contribution in [-0.4, -0.2) is 25.5 Å². The van der Waals surface area contributed by atoms with Crippen molar-refractivity contribution in [2.45, 2.75) is 32.6 Å². The summed E-state index contributed by atoms with van der Waals surface area (Å²) in [4.78, 5) is 25.9. The first-order chi connectivity index (χ1) is 12.6. The molecule has 2 aromatic rings. The summed E-state index contributed by atoms with van der Waals surface area (Å²) in [5.74, 6) is 0.957. The third-order valence-corrected chi connectivity index (χ3v) is 4.61. The summed E-state index contributed by atoms with van der Waals surface area (Å²) in [5, 5.41) is 2.93. The highest BCUT2D eigenvalue weighted by Gasteiger charge is 2.21. The van der Waals surface area contributed by atoms with Crippen LogP contribution in [0, 0.1) is 6.92 Å². The lowest BCUT2D eigenvalue weighted by Crippen LogP contribution is -2.23. The van der Waals surface area contributed by atoms with E-state index in [2.05, 4.69) is 5.32 Å². The molecule has 5 heteroatoms. The summed E-state index contributed by atoms with van der Waals surface area (Å²) < 4.78 is 5.26. The van der Waals surface area contributed by atoms with Crippen molar-refractivity contribution in [2.75, 3.05) is 23.9 Å². The second kappa shape index (κ2) is 8.04. The molecule has 0 aliphatic carbocycles. The summed E-state index contributed by atoms with van der Waals surface area (Å²) in [7, 11) is 1.65. The fourth-order valence-corrected chi connectivity index (χ4v) is 3.25. The minimum Gasteiger partial charge on any atom is -0.496 e. The smallest absolute Gasteiger partial charge is 0.227 e. The summed E-state index contributed by atoms with van der Waals surface area (Å²) in [6, 6.07) is 13.4. The number of carbonyl (C=O) groups excluding carboxylic acids is 2. The predicted octanol–water partition coefficient (Wildman–Crippen LogP) is 3.70. The minimum atomic E-state index is -0.0385. The second-order valence-electron chi connectivity index (χ2n) is 6.55. The van der Waals surface area contributed by atoms with Gasteiger partial charge in [0.1, 0.15) is 5.75 Å². The lowest BCUT2D eigenvalue weighted by molar-refractivity contribution is -0.117. The highest BCUT2D eigenvalue weighted by atomic mass is 16.5. The summed E-state index contributed by atoms with van der Waals surface area (Å²) >= 11 is 0. The number of ether oxygens (including phenoxy) is 1. The average molecular weight is 352 g/mol. The summed E-state index contributed by atoms with van der Waals surface area (Å²) in [5.41, 5.74) is 3.73. The van der Waals surface area contributed by atoms with Crippen molar-refractivity contribution < 1.29 is 14.3 Å². The van der Waals surface area contributed by atoms with Crippen molar-refractivity contribution in [3.63, 3.8) is 0 Å². The lowest BCUT2D eigenvalue weighted by atomic mass is 10.1. The first-order valence-corrected chi connectivity index (χ1v) is 8.90. The monoisotopic (exact) mass is 352 g/mol. The summed E-state index contributed by atoms with van der Waals surface area (Å²) in [6.07, 6.45) is 2.55. The van der Waals surface area contributed by atoms with Crippen molar-refractivity contribution in [1.82, 2.24) is 0 Å². The van der Waals surface area contributed by atoms with E-state index in [1.165, 1.54) is 0 Å². The van der Waals surface area contributed by atoms with E-state index in [9.17, 15) is 9.59 Å². The molecular weight excluding hydrogens is 328 g/mol. The van der Waals surface area contributed by atoms with Gasteiger partial charge in [-0.3, -0.25) is 9.59 Å². The van der Waals surface area contributed by atoms with Crippen molar-refractivity contribution in [2.24, 2.45) is 0 Å². The van der Waals surface area contributed by atoms with E-state index in [-0.39, 0.29) is 11.8 Å². The van der Waals surface area contributed by atoms with Gasteiger partial charge in [0.25, 0.3) is 0 Å². The first kappa shape index (κ1) is 18.0. The van der Waals surface area contributed by atoms with Gasteiger partial charge in [0, 0.05) is 30.8 Å². The van der Waals surface area contributed by atoms with Crippen molar-refractivity contribution in [3.05, 3.63) is 53.6 Å². The predicted molar refractivity (Wildman–Crippen MR) is 103 cm³/mol. The number of nitrogens with zero attached hydrogens (tertiary/aromatic N) is 1. The molecule has 26 heavy (non-hydrogen) atoms. The molecule has 2 amide bonds. The van der Waals surface area contributed by atoms with Gasteiger partial charge in [-0.15, -0.1) is 0 Å². The fraction of sp³-hybridized carbons (Fsp3) is 0.333. The van der Waals surface area contributed by atoms with E-state index in [1.807, 2.05) is 49.4 Å². The van der Waals surface area contributed by atoms with E-state index < -0.39 is 0 Å². The zero-order valence-corrected chi connectivity index (χ0v) is 15.2. The molecule has 1 saturated heterocycles. The van der Waals surface area contributed by atoms with Crippen LogP contribution in [0.3, 0.4) is 0 Å². The SMILES string of the molecule is COc1ccc(CCC(=O)Nc2cccc(N3CCCC3=O)c2)cc1C. The maximum absolute atomic E-state index is 12.3. The van der Waals surface area contributed by atoms with Gasteiger partial charge in [-0.05, 0) is 55.2 Å². The normalized spacial score (nSPS) is 13.8. The highest BCUT2D eigenvalue weighted by Crippen LogP contribution is 2.24. The fourth-order valence-electron chi connectivity index (χ4n) is 3.25. The van der Waals surface area contributed by atoms with Gasteiger partial charge in [0.2, 0.25) is 11.8 Å². The van der Waals surface area contributed by atoms with Crippen LogP contribution in [0.15, 0.2) is 42.5 Å². The molecule has 3 rings (SSSR count). The molecule has 2 aromatic carbocycles. The van der Waals surface area contributed by atoms with E-state index in [4.69, 9.17) is 4.74 Å². The number of rotatable bonds is 6. The van der Waals surface area contributed by atoms with E-state index >= 15 is 0 Å². The third kappa shape index (κ3) is 4.23. The Morgan fingerprint density at radius 3 is 2.77 bits per heavy atom. The van der Waals surface area contributed by atoms with Crippen molar-refractivity contribution in [3.8, 4) is 5.75 Å². The molecule has 1 heterocycles. The molecule has 0 unspecified atom stereocenters. The Balaban J connectivity index is 1.58. The van der Waals surface area contributed by atoms with Crippen LogP contribution in [0.5, 0.6) is 5.75 Å². The molecular formula is C21H24N2O3. The number of hydrogen-bond acceptors (Lipinski definition) is 3. The van der Waals surface area contributed by atoms with Crippen molar-refractivity contribution in [1.29, 1.82) is 0 Å². The largest absolute Gasteiger partial charge is 0.496 e. The number of methoxy groups -OCH3 is 1. The van der Waals surface area contributed by atoms with Crippen LogP contribution in [-0.2, 0) is 16.0 Å². The molecule has 1 aliphatic heterocycles. The number of nitrogens with one attached hydrogen (secondary N) is 1. The molecule has 0 bridgehead atoms. The minimum absolute atomic E-state index is 0.0385. The highest BCUT2D eigenvalue weighted by molar-refractivity contribution is 5.97. The zero-order chi connectivity index (χ0) is 18.5. The Hall–Kier alpha value is -2.82. The van der Waals surface area contributed by atoms with E-state index in [1.54, 1.807) is 12.0 Å². The van der Waals surface area contributed by atoms with Crippen LogP contribution in [0.4, 0.5) is 11.4 Å². The van der Waals surface area contributed by atoms with Gasteiger partial charge >= 0.3 is 0 Å². The Morgan fingerprint density at radius 2 is 2.08 bits per heavy atom. The number of anilines is 2. The van der Waals surface area contributed by atoms with Crippen LogP contribution >= 0.6 is 0 Å². The van der Waals surface area contributed by atoms with Gasteiger partial charge in [-0.2, -0.15) is 0 Å². The van der Waals surface area contributed by atoms with Gasteiger partial charge < -0.3 is 15.0 Å². The zero-order valence-electron chi connectivity index (χ0n) is 15.2. The number of carbonyl (C=O) groups is 2. The summed E-state index contributed by atoms with van der Waals surface area (Å²) in [6.45, 7) is 2.74. The molecule has 0 spiro atoms. The average Bonchev–Trinajstić information content (AvgIpc) is 3.06. The van der Waals surface area contributed by atoms with Gasteiger partial charge in [-0.1, -0.05) is 18.2 Å². The first-order valence-electron chi connectivity index (χ1n) is 8.90. The molecule has 0 atom stereocenters. The van der Waals surface area contributed by atoms with E-state index in [0.717, 1.165) is 41.2 Å². The lowest BCUT2D eigenvalue weighted by Gasteiger charge is -2.16. The quantitative estimate of drug-likeness (QED) is 0.862. The Morgan fingerprint density at radius 1 is 1.23 bits per heavy atom. The number of benzene rings is 2. The molecule has 0 aromatic heterocycles. The maximum atomic E-state index is 12.3. The Bertz CT molecular complexity index is 817. The second-order valence-corrected chi connectivity index (χ2v) is 6.55. The standard InChI is InChI=1S/C21H24N2O3/c1-15-13-16(8-10-19(15)26-2)9-11-20(24)22-17-5-3-6-18(14-17)23-12-4-7-21(23)25/h3,5-6,8,10,13-14H,4,7,9,11-12H2,1-2H3,(H,22,24). The van der Waals surface area contributed by atoms with Crippen LogP contribution < -0.4 is 15.0 Å². The molecule has 0 radical (unpaired) electrons. The Kier molecular flexibility index (Phi) is 5.56. The molecule has 1 fully saturated rings. The molecule has 5 nitrogen and oxygen atoms in total. The van der Waals surface area contributed by atoms with Gasteiger partial charge in [-0.25, -0.2) is 0 Å².